The van der Waals surface area contributed by atoms with Crippen molar-refractivity contribution in [3.63, 3.8) is 0 Å². The summed E-state index contributed by atoms with van der Waals surface area (Å²) in [6.07, 6.45) is -0.857. The van der Waals surface area contributed by atoms with Crippen LogP contribution < -0.4 is 20.3 Å². The number of amides is 2. The van der Waals surface area contributed by atoms with E-state index in [9.17, 15) is 9.59 Å². The van der Waals surface area contributed by atoms with Crippen molar-refractivity contribution in [1.29, 1.82) is 5.26 Å². The first kappa shape index (κ1) is 20.6. The molecule has 0 saturated carbocycles. The van der Waals surface area contributed by atoms with Crippen LogP contribution in [-0.4, -0.2) is 24.5 Å². The molecule has 0 aliphatic heterocycles. The molecule has 2 rings (SSSR count). The standard InChI is InChI=1S/C18H15BrClN3O4/c1-11(27-14-5-2-12(9-21)3-6-14)18(25)23-22-17(24)10-26-16-7-4-13(20)8-15(16)19/h2-8,11H,10H2,1H3,(H,22,24)(H,23,25)/t11-/m0/s1. The van der Waals surface area contributed by atoms with Crippen LogP contribution in [0, 0.1) is 11.3 Å². The largest absolute Gasteiger partial charge is 0.483 e. The number of ether oxygens (including phenoxy) is 2. The molecule has 0 unspecified atom stereocenters. The quantitative estimate of drug-likeness (QED) is 0.656. The molecule has 140 valence electrons. The first-order chi connectivity index (χ1) is 12.9. The Morgan fingerprint density at radius 1 is 1.22 bits per heavy atom. The third-order valence-electron chi connectivity index (χ3n) is 3.24. The van der Waals surface area contributed by atoms with Crippen molar-refractivity contribution in [2.24, 2.45) is 0 Å². The summed E-state index contributed by atoms with van der Waals surface area (Å²) in [5.41, 5.74) is 4.98. The second-order valence-electron chi connectivity index (χ2n) is 5.30. The Hall–Kier alpha value is -2.76. The van der Waals surface area contributed by atoms with E-state index < -0.39 is 17.9 Å². The van der Waals surface area contributed by atoms with E-state index >= 15 is 0 Å². The van der Waals surface area contributed by atoms with Crippen molar-refractivity contribution in [2.45, 2.75) is 13.0 Å². The van der Waals surface area contributed by atoms with Crippen molar-refractivity contribution in [3.05, 3.63) is 57.5 Å². The summed E-state index contributed by atoms with van der Waals surface area (Å²) in [5, 5.41) is 9.28. The molecule has 27 heavy (non-hydrogen) atoms. The number of carbonyl (C=O) groups is 2. The number of hydrogen-bond acceptors (Lipinski definition) is 5. The Balaban J connectivity index is 1.76. The van der Waals surface area contributed by atoms with Gasteiger partial charge in [0.15, 0.2) is 12.7 Å². The van der Waals surface area contributed by atoms with Gasteiger partial charge in [0.1, 0.15) is 11.5 Å². The number of benzene rings is 2. The number of halogens is 2. The molecule has 0 radical (unpaired) electrons. The van der Waals surface area contributed by atoms with Gasteiger partial charge in [-0.15, -0.1) is 0 Å². The molecule has 0 aliphatic carbocycles. The minimum absolute atomic E-state index is 0.300. The predicted molar refractivity (Wildman–Crippen MR) is 102 cm³/mol. The smallest absolute Gasteiger partial charge is 0.279 e. The van der Waals surface area contributed by atoms with Crippen LogP contribution in [0.4, 0.5) is 0 Å². The number of nitriles is 1. The second kappa shape index (κ2) is 9.80. The van der Waals surface area contributed by atoms with Gasteiger partial charge in [-0.1, -0.05) is 11.6 Å². The van der Waals surface area contributed by atoms with Gasteiger partial charge < -0.3 is 9.47 Å². The van der Waals surface area contributed by atoms with E-state index in [1.807, 2.05) is 6.07 Å². The third-order valence-corrected chi connectivity index (χ3v) is 4.10. The normalized spacial score (nSPS) is 11.0. The lowest BCUT2D eigenvalue weighted by molar-refractivity contribution is -0.133. The van der Waals surface area contributed by atoms with Crippen LogP contribution in [-0.2, 0) is 9.59 Å². The number of nitrogens with zero attached hydrogens (tertiary/aromatic N) is 1. The maximum absolute atomic E-state index is 12.0. The lowest BCUT2D eigenvalue weighted by Gasteiger charge is -2.15. The van der Waals surface area contributed by atoms with Crippen LogP contribution in [0.5, 0.6) is 11.5 Å². The van der Waals surface area contributed by atoms with Crippen LogP contribution in [0.15, 0.2) is 46.9 Å². The molecule has 2 N–H and O–H groups in total. The highest BCUT2D eigenvalue weighted by Crippen LogP contribution is 2.27. The highest BCUT2D eigenvalue weighted by Gasteiger charge is 2.15. The second-order valence-corrected chi connectivity index (χ2v) is 6.59. The van der Waals surface area contributed by atoms with Gasteiger partial charge in [0.2, 0.25) is 0 Å². The fourth-order valence-corrected chi connectivity index (χ4v) is 2.67. The number of hydrogen-bond donors (Lipinski definition) is 2. The lowest BCUT2D eigenvalue weighted by atomic mass is 10.2. The fraction of sp³-hybridized carbons (Fsp3) is 0.167. The molecular formula is C18H15BrClN3O4. The molecule has 0 bridgehead atoms. The van der Waals surface area contributed by atoms with Crippen LogP contribution in [0.2, 0.25) is 5.02 Å². The number of nitrogens with one attached hydrogen (secondary N) is 2. The van der Waals surface area contributed by atoms with Crippen molar-refractivity contribution < 1.29 is 19.1 Å². The molecule has 0 aromatic heterocycles. The summed E-state index contributed by atoms with van der Waals surface area (Å²) in [6, 6.07) is 13.2. The number of carbonyl (C=O) groups excluding carboxylic acids is 2. The first-order valence-electron chi connectivity index (χ1n) is 7.72. The molecule has 2 amide bonds. The summed E-state index contributed by atoms with van der Waals surface area (Å²) in [6.45, 7) is 1.23. The SMILES string of the molecule is C[C@H](Oc1ccc(C#N)cc1)C(=O)NNC(=O)COc1ccc(Cl)cc1Br. The Kier molecular flexibility index (Phi) is 7.46. The van der Waals surface area contributed by atoms with Crippen LogP contribution in [0.3, 0.4) is 0 Å². The van der Waals surface area contributed by atoms with Crippen LogP contribution in [0.1, 0.15) is 12.5 Å². The lowest BCUT2D eigenvalue weighted by Crippen LogP contribution is -2.48. The molecule has 0 heterocycles. The summed E-state index contributed by atoms with van der Waals surface area (Å²) < 4.78 is 11.4. The van der Waals surface area contributed by atoms with Gasteiger partial charge in [0, 0.05) is 5.02 Å². The van der Waals surface area contributed by atoms with E-state index in [1.165, 1.54) is 6.92 Å². The third kappa shape index (κ3) is 6.47. The molecule has 0 aliphatic rings. The summed E-state index contributed by atoms with van der Waals surface area (Å²) >= 11 is 9.10. The van der Waals surface area contributed by atoms with Gasteiger partial charge in [0.05, 0.1) is 16.1 Å². The van der Waals surface area contributed by atoms with E-state index in [0.29, 0.717) is 26.6 Å². The summed E-state index contributed by atoms with van der Waals surface area (Å²) in [5.74, 6) is -0.214. The zero-order chi connectivity index (χ0) is 19.8. The highest BCUT2D eigenvalue weighted by molar-refractivity contribution is 9.10. The topological polar surface area (TPSA) is 100 Å². The van der Waals surface area contributed by atoms with Crippen molar-refractivity contribution >= 4 is 39.3 Å². The summed E-state index contributed by atoms with van der Waals surface area (Å²) in [7, 11) is 0. The van der Waals surface area contributed by atoms with Gasteiger partial charge in [-0.05, 0) is 65.3 Å². The van der Waals surface area contributed by atoms with Gasteiger partial charge in [-0.25, -0.2) is 0 Å². The van der Waals surface area contributed by atoms with Crippen molar-refractivity contribution in [2.75, 3.05) is 6.61 Å². The molecule has 1 atom stereocenters. The molecule has 7 nitrogen and oxygen atoms in total. The van der Waals surface area contributed by atoms with Crippen molar-refractivity contribution in [1.82, 2.24) is 10.9 Å². The minimum atomic E-state index is -0.857. The van der Waals surface area contributed by atoms with E-state index in [-0.39, 0.29) is 6.61 Å². The van der Waals surface area contributed by atoms with Crippen molar-refractivity contribution in [3.8, 4) is 17.6 Å². The average molecular weight is 453 g/mol. The Labute approximate surface area is 169 Å². The monoisotopic (exact) mass is 451 g/mol. The molecular weight excluding hydrogens is 438 g/mol. The molecule has 9 heteroatoms. The zero-order valence-corrected chi connectivity index (χ0v) is 16.5. The Bertz CT molecular complexity index is 868. The van der Waals surface area contributed by atoms with E-state index in [0.717, 1.165) is 0 Å². The maximum Gasteiger partial charge on any atom is 0.279 e. The predicted octanol–water partition coefficient (Wildman–Crippen LogP) is 2.97. The Morgan fingerprint density at radius 2 is 1.93 bits per heavy atom. The fourth-order valence-electron chi connectivity index (χ4n) is 1.87. The van der Waals surface area contributed by atoms with Gasteiger partial charge in [-0.2, -0.15) is 5.26 Å². The maximum atomic E-state index is 12.0. The number of hydrazine groups is 1. The summed E-state index contributed by atoms with van der Waals surface area (Å²) in [4.78, 5) is 23.8. The van der Waals surface area contributed by atoms with Gasteiger partial charge in [0.25, 0.3) is 11.8 Å². The van der Waals surface area contributed by atoms with E-state index in [4.69, 9.17) is 26.3 Å². The molecule has 0 spiro atoms. The molecule has 2 aromatic rings. The van der Waals surface area contributed by atoms with E-state index in [1.54, 1.807) is 42.5 Å². The van der Waals surface area contributed by atoms with Crippen LogP contribution >= 0.6 is 27.5 Å². The molecule has 2 aromatic carbocycles. The molecule has 0 saturated heterocycles. The van der Waals surface area contributed by atoms with Gasteiger partial charge >= 0.3 is 0 Å². The number of rotatable bonds is 6. The van der Waals surface area contributed by atoms with E-state index in [2.05, 4.69) is 26.8 Å². The highest BCUT2D eigenvalue weighted by atomic mass is 79.9. The zero-order valence-electron chi connectivity index (χ0n) is 14.2. The first-order valence-corrected chi connectivity index (χ1v) is 8.89. The Morgan fingerprint density at radius 3 is 2.56 bits per heavy atom. The minimum Gasteiger partial charge on any atom is -0.483 e. The van der Waals surface area contributed by atoms with Gasteiger partial charge in [-0.3, -0.25) is 20.4 Å². The molecule has 0 fully saturated rings. The average Bonchev–Trinajstić information content (AvgIpc) is 2.66. The van der Waals surface area contributed by atoms with Crippen LogP contribution in [0.25, 0.3) is 0 Å².